The van der Waals surface area contributed by atoms with Crippen LogP contribution in [-0.2, 0) is 16.6 Å². The van der Waals surface area contributed by atoms with E-state index in [1.807, 2.05) is 0 Å². The van der Waals surface area contributed by atoms with Gasteiger partial charge in [-0.2, -0.15) is 4.31 Å². The molecule has 2 rings (SSSR count). The van der Waals surface area contributed by atoms with Crippen LogP contribution >= 0.6 is 0 Å². The van der Waals surface area contributed by atoms with Gasteiger partial charge >= 0.3 is 0 Å². The van der Waals surface area contributed by atoms with E-state index in [0.29, 0.717) is 18.8 Å². The van der Waals surface area contributed by atoms with E-state index in [-0.39, 0.29) is 11.1 Å². The fourth-order valence-electron chi connectivity index (χ4n) is 2.03. The number of nitrogens with zero attached hydrogens (tertiary/aromatic N) is 1. The van der Waals surface area contributed by atoms with Gasteiger partial charge in [-0.1, -0.05) is 13.0 Å². The summed E-state index contributed by atoms with van der Waals surface area (Å²) >= 11 is 0. The Hall–Kier alpha value is -1.11. The van der Waals surface area contributed by atoms with E-state index in [0.717, 1.165) is 25.8 Å². The van der Waals surface area contributed by atoms with Crippen molar-refractivity contribution in [1.29, 1.82) is 0 Å². The highest BCUT2D eigenvalue weighted by Gasteiger charge is 2.38. The van der Waals surface area contributed by atoms with Crippen LogP contribution in [0.2, 0.25) is 0 Å². The zero-order chi connectivity index (χ0) is 14.6. The van der Waals surface area contributed by atoms with Gasteiger partial charge in [-0.05, 0) is 37.9 Å². The van der Waals surface area contributed by atoms with Gasteiger partial charge in [-0.3, -0.25) is 0 Å². The third kappa shape index (κ3) is 3.50. The van der Waals surface area contributed by atoms with E-state index in [1.54, 1.807) is 12.1 Å². The highest BCUT2D eigenvalue weighted by atomic mass is 32.2. The number of furan rings is 1. The Kier molecular flexibility index (Phi) is 5.01. The molecule has 1 aromatic heterocycles. The summed E-state index contributed by atoms with van der Waals surface area (Å²) < 4.78 is 32.0. The molecular formula is C14H22N2O3S. The van der Waals surface area contributed by atoms with Crippen LogP contribution in [0.1, 0.15) is 31.9 Å². The van der Waals surface area contributed by atoms with Crippen LogP contribution < -0.4 is 5.32 Å². The fourth-order valence-corrected chi connectivity index (χ4v) is 3.62. The SMILES string of the molecule is C=CCN(C1CC1)S(=O)(=O)c1ccc(CNCCC)o1. The molecule has 1 saturated carbocycles. The maximum absolute atomic E-state index is 12.5. The molecule has 0 amide bonds. The van der Waals surface area contributed by atoms with Gasteiger partial charge in [-0.25, -0.2) is 8.42 Å². The molecule has 20 heavy (non-hydrogen) atoms. The van der Waals surface area contributed by atoms with E-state index in [4.69, 9.17) is 4.42 Å². The summed E-state index contributed by atoms with van der Waals surface area (Å²) in [5.41, 5.74) is 0. The first kappa shape index (κ1) is 15.3. The summed E-state index contributed by atoms with van der Waals surface area (Å²) in [4.78, 5) is 0. The Labute approximate surface area is 120 Å². The molecule has 0 radical (unpaired) electrons. The molecular weight excluding hydrogens is 276 g/mol. The van der Waals surface area contributed by atoms with Crippen LogP contribution in [0.3, 0.4) is 0 Å². The van der Waals surface area contributed by atoms with Gasteiger partial charge in [0.05, 0.1) is 6.54 Å². The van der Waals surface area contributed by atoms with Gasteiger partial charge < -0.3 is 9.73 Å². The van der Waals surface area contributed by atoms with Crippen LogP contribution in [0, 0.1) is 0 Å². The average molecular weight is 298 g/mol. The molecule has 6 heteroatoms. The van der Waals surface area contributed by atoms with Crippen molar-refractivity contribution in [2.24, 2.45) is 0 Å². The molecule has 0 aromatic carbocycles. The average Bonchev–Trinajstić information content (AvgIpc) is 3.13. The van der Waals surface area contributed by atoms with E-state index in [1.165, 1.54) is 10.4 Å². The Morgan fingerprint density at radius 1 is 1.50 bits per heavy atom. The van der Waals surface area contributed by atoms with Crippen LogP contribution in [0.4, 0.5) is 0 Å². The quantitative estimate of drug-likeness (QED) is 0.560. The predicted octanol–water partition coefficient (Wildman–Crippen LogP) is 2.12. The van der Waals surface area contributed by atoms with Gasteiger partial charge in [-0.15, -0.1) is 6.58 Å². The third-order valence-electron chi connectivity index (χ3n) is 3.19. The molecule has 5 nitrogen and oxygen atoms in total. The number of nitrogens with one attached hydrogen (secondary N) is 1. The van der Waals surface area contributed by atoms with Crippen molar-refractivity contribution in [2.75, 3.05) is 13.1 Å². The predicted molar refractivity (Wildman–Crippen MR) is 77.8 cm³/mol. The van der Waals surface area contributed by atoms with Gasteiger partial charge in [0.25, 0.3) is 10.0 Å². The highest BCUT2D eigenvalue weighted by Crippen LogP contribution is 2.32. The number of hydrogen-bond donors (Lipinski definition) is 1. The van der Waals surface area contributed by atoms with E-state index in [2.05, 4.69) is 18.8 Å². The van der Waals surface area contributed by atoms with E-state index >= 15 is 0 Å². The minimum Gasteiger partial charge on any atom is -0.447 e. The summed E-state index contributed by atoms with van der Waals surface area (Å²) in [6, 6.07) is 3.36. The molecule has 0 saturated heterocycles. The Morgan fingerprint density at radius 2 is 2.25 bits per heavy atom. The Bertz CT molecular complexity index is 547. The number of hydrogen-bond acceptors (Lipinski definition) is 4. The second kappa shape index (κ2) is 6.56. The lowest BCUT2D eigenvalue weighted by atomic mass is 10.4. The van der Waals surface area contributed by atoms with Crippen molar-refractivity contribution in [1.82, 2.24) is 9.62 Å². The molecule has 112 valence electrons. The molecule has 1 fully saturated rings. The van der Waals surface area contributed by atoms with Crippen LogP contribution in [0.15, 0.2) is 34.3 Å². The second-order valence-corrected chi connectivity index (χ2v) is 6.81. The van der Waals surface area contributed by atoms with Crippen LogP contribution in [0.5, 0.6) is 0 Å². The van der Waals surface area contributed by atoms with Crippen molar-refractivity contribution < 1.29 is 12.8 Å². The minimum atomic E-state index is -3.54. The zero-order valence-electron chi connectivity index (χ0n) is 11.8. The first-order chi connectivity index (χ1) is 9.59. The molecule has 0 atom stereocenters. The Morgan fingerprint density at radius 3 is 2.85 bits per heavy atom. The zero-order valence-corrected chi connectivity index (χ0v) is 12.7. The van der Waals surface area contributed by atoms with Gasteiger partial charge in [0, 0.05) is 12.6 Å². The Balaban J connectivity index is 2.10. The highest BCUT2D eigenvalue weighted by molar-refractivity contribution is 7.89. The lowest BCUT2D eigenvalue weighted by molar-refractivity contribution is 0.370. The van der Waals surface area contributed by atoms with Crippen LogP contribution in [-0.4, -0.2) is 31.9 Å². The molecule has 0 aliphatic heterocycles. The van der Waals surface area contributed by atoms with Crippen molar-refractivity contribution in [3.63, 3.8) is 0 Å². The number of rotatable bonds is 9. The third-order valence-corrected chi connectivity index (χ3v) is 4.98. The van der Waals surface area contributed by atoms with Crippen molar-refractivity contribution in [2.45, 2.75) is 43.9 Å². The molecule has 1 heterocycles. The summed E-state index contributed by atoms with van der Waals surface area (Å²) in [7, 11) is -3.54. The summed E-state index contributed by atoms with van der Waals surface area (Å²) in [5.74, 6) is 0.645. The van der Waals surface area contributed by atoms with Gasteiger partial charge in [0.1, 0.15) is 5.76 Å². The maximum atomic E-state index is 12.5. The first-order valence-corrected chi connectivity index (χ1v) is 8.45. The maximum Gasteiger partial charge on any atom is 0.276 e. The fraction of sp³-hybridized carbons (Fsp3) is 0.571. The summed E-state index contributed by atoms with van der Waals surface area (Å²) in [6.07, 6.45) is 4.47. The lowest BCUT2D eigenvalue weighted by Gasteiger charge is -2.18. The standard InChI is InChI=1S/C14H22N2O3S/c1-3-9-15-11-13-7-8-14(19-13)20(17,18)16(10-4-2)12-5-6-12/h4,7-8,12,15H,2-3,5-6,9-11H2,1H3. The summed E-state index contributed by atoms with van der Waals surface area (Å²) in [6.45, 7) is 7.47. The smallest absolute Gasteiger partial charge is 0.276 e. The van der Waals surface area contributed by atoms with E-state index in [9.17, 15) is 8.42 Å². The normalized spacial score (nSPS) is 15.7. The van der Waals surface area contributed by atoms with Crippen LogP contribution in [0.25, 0.3) is 0 Å². The minimum absolute atomic E-state index is 0.0274. The van der Waals surface area contributed by atoms with Crippen molar-refractivity contribution in [3.8, 4) is 0 Å². The largest absolute Gasteiger partial charge is 0.447 e. The molecule has 0 spiro atoms. The molecule has 1 aromatic rings. The topological polar surface area (TPSA) is 62.6 Å². The van der Waals surface area contributed by atoms with Gasteiger partial charge in [0.15, 0.2) is 0 Å². The molecule has 1 aliphatic carbocycles. The monoisotopic (exact) mass is 298 g/mol. The number of sulfonamides is 1. The molecule has 0 bridgehead atoms. The second-order valence-electron chi connectivity index (χ2n) is 4.99. The first-order valence-electron chi connectivity index (χ1n) is 7.01. The molecule has 1 aliphatic rings. The van der Waals surface area contributed by atoms with Crippen molar-refractivity contribution >= 4 is 10.0 Å². The molecule has 1 N–H and O–H groups in total. The van der Waals surface area contributed by atoms with E-state index < -0.39 is 10.0 Å². The summed E-state index contributed by atoms with van der Waals surface area (Å²) in [5, 5.41) is 3.21. The molecule has 0 unspecified atom stereocenters. The lowest BCUT2D eigenvalue weighted by Crippen LogP contribution is -2.33. The van der Waals surface area contributed by atoms with Crippen molar-refractivity contribution in [3.05, 3.63) is 30.5 Å². The van der Waals surface area contributed by atoms with Gasteiger partial charge in [0.2, 0.25) is 5.09 Å².